The van der Waals surface area contributed by atoms with E-state index in [9.17, 15) is 4.79 Å². The monoisotopic (exact) mass is 324 g/mol. The van der Waals surface area contributed by atoms with Crippen molar-refractivity contribution in [1.29, 1.82) is 0 Å². The molecule has 0 spiro atoms. The van der Waals surface area contributed by atoms with E-state index in [4.69, 9.17) is 0 Å². The zero-order valence-corrected chi connectivity index (χ0v) is 12.7. The van der Waals surface area contributed by atoms with Crippen molar-refractivity contribution in [3.63, 3.8) is 0 Å². The Kier molecular flexibility index (Phi) is 5.70. The number of nitrogens with one attached hydrogen (secondary N) is 2. The van der Waals surface area contributed by atoms with Crippen LogP contribution in [0.1, 0.15) is 38.5 Å². The molecular formula is C15H21BrN2O. The van der Waals surface area contributed by atoms with E-state index in [-0.39, 0.29) is 5.91 Å². The van der Waals surface area contributed by atoms with E-state index in [0.717, 1.165) is 23.0 Å². The van der Waals surface area contributed by atoms with Crippen LogP contribution in [0.4, 0.5) is 5.69 Å². The molecule has 19 heavy (non-hydrogen) atoms. The summed E-state index contributed by atoms with van der Waals surface area (Å²) in [5.41, 5.74) is 0.957. The van der Waals surface area contributed by atoms with E-state index < -0.39 is 0 Å². The van der Waals surface area contributed by atoms with Crippen molar-refractivity contribution >= 4 is 27.5 Å². The third kappa shape index (κ3) is 4.86. The minimum absolute atomic E-state index is 0.0858. The third-order valence-corrected chi connectivity index (χ3v) is 4.23. The Hall–Kier alpha value is -1.03. The fourth-order valence-electron chi connectivity index (χ4n) is 2.48. The van der Waals surface area contributed by atoms with Crippen LogP contribution in [0.5, 0.6) is 0 Å². The van der Waals surface area contributed by atoms with Gasteiger partial charge in [-0.25, -0.2) is 0 Å². The topological polar surface area (TPSA) is 41.1 Å². The lowest BCUT2D eigenvalue weighted by molar-refractivity contribution is -0.120. The van der Waals surface area contributed by atoms with Crippen LogP contribution in [-0.2, 0) is 4.79 Å². The molecular weight excluding hydrogens is 304 g/mol. The average Bonchev–Trinajstić information content (AvgIpc) is 2.66. The molecule has 1 saturated carbocycles. The molecule has 1 fully saturated rings. The molecule has 1 aliphatic rings. The summed E-state index contributed by atoms with van der Waals surface area (Å²) in [5, 5.41) is 6.29. The summed E-state index contributed by atoms with van der Waals surface area (Å²) >= 11 is 3.46. The maximum Gasteiger partial charge on any atom is 0.239 e. The number of hydrogen-bond donors (Lipinski definition) is 2. The van der Waals surface area contributed by atoms with Crippen molar-refractivity contribution in [2.75, 3.05) is 11.9 Å². The van der Waals surface area contributed by atoms with E-state index in [1.165, 1.54) is 25.7 Å². The Labute approximate surface area is 123 Å². The van der Waals surface area contributed by atoms with Crippen LogP contribution in [0.15, 0.2) is 28.7 Å². The van der Waals surface area contributed by atoms with Gasteiger partial charge in [-0.05, 0) is 40.9 Å². The van der Waals surface area contributed by atoms with Crippen LogP contribution in [0.25, 0.3) is 0 Å². The highest BCUT2D eigenvalue weighted by Crippen LogP contribution is 2.21. The molecule has 0 atom stereocenters. The second-order valence-corrected chi connectivity index (χ2v) is 5.94. The number of hydrogen-bond acceptors (Lipinski definition) is 2. The van der Waals surface area contributed by atoms with Crippen molar-refractivity contribution in [3.05, 3.63) is 28.7 Å². The molecule has 2 N–H and O–H groups in total. The minimum Gasteiger partial charge on any atom is -0.375 e. The lowest BCUT2D eigenvalue weighted by Gasteiger charge is -2.17. The number of carbonyl (C=O) groups is 1. The molecule has 1 amide bonds. The molecule has 1 aromatic rings. The first-order chi connectivity index (χ1) is 9.25. The quantitative estimate of drug-likeness (QED) is 0.829. The Morgan fingerprint density at radius 3 is 2.53 bits per heavy atom. The maximum atomic E-state index is 11.9. The summed E-state index contributed by atoms with van der Waals surface area (Å²) in [4.78, 5) is 11.9. The van der Waals surface area contributed by atoms with Gasteiger partial charge in [0.05, 0.1) is 6.54 Å². The highest BCUT2D eigenvalue weighted by molar-refractivity contribution is 9.10. The van der Waals surface area contributed by atoms with Crippen molar-refractivity contribution in [3.8, 4) is 0 Å². The molecule has 1 aromatic carbocycles. The number of para-hydroxylation sites is 1. The Morgan fingerprint density at radius 1 is 1.16 bits per heavy atom. The van der Waals surface area contributed by atoms with E-state index in [0.29, 0.717) is 12.6 Å². The molecule has 0 aliphatic heterocycles. The molecule has 0 radical (unpaired) electrons. The summed E-state index contributed by atoms with van der Waals surface area (Å²) < 4.78 is 0.984. The Morgan fingerprint density at radius 2 is 1.84 bits per heavy atom. The molecule has 0 bridgehead atoms. The van der Waals surface area contributed by atoms with Crippen molar-refractivity contribution in [2.45, 2.75) is 44.6 Å². The largest absolute Gasteiger partial charge is 0.375 e. The summed E-state index contributed by atoms with van der Waals surface area (Å²) in [5.74, 6) is 0.0858. The molecule has 0 aromatic heterocycles. The van der Waals surface area contributed by atoms with Crippen molar-refractivity contribution in [2.24, 2.45) is 0 Å². The number of benzene rings is 1. The fraction of sp³-hybridized carbons (Fsp3) is 0.533. The SMILES string of the molecule is O=C(CNc1ccccc1Br)NC1CCCCCC1. The minimum atomic E-state index is 0.0858. The van der Waals surface area contributed by atoms with Gasteiger partial charge in [-0.1, -0.05) is 37.8 Å². The lowest BCUT2D eigenvalue weighted by Crippen LogP contribution is -2.38. The molecule has 0 unspecified atom stereocenters. The molecule has 2 rings (SSSR count). The van der Waals surface area contributed by atoms with Gasteiger partial charge in [0, 0.05) is 16.2 Å². The first kappa shape index (κ1) is 14.4. The Bertz CT molecular complexity index is 414. The third-order valence-electron chi connectivity index (χ3n) is 3.53. The van der Waals surface area contributed by atoms with Crippen LogP contribution >= 0.6 is 15.9 Å². The smallest absolute Gasteiger partial charge is 0.239 e. The van der Waals surface area contributed by atoms with Gasteiger partial charge in [0.2, 0.25) is 5.91 Å². The van der Waals surface area contributed by atoms with Crippen LogP contribution in [0.2, 0.25) is 0 Å². The maximum absolute atomic E-state index is 11.9. The number of amides is 1. The average molecular weight is 325 g/mol. The first-order valence-corrected chi connectivity index (χ1v) is 7.83. The van der Waals surface area contributed by atoms with Gasteiger partial charge in [0.15, 0.2) is 0 Å². The van der Waals surface area contributed by atoms with Crippen molar-refractivity contribution < 1.29 is 4.79 Å². The van der Waals surface area contributed by atoms with Gasteiger partial charge >= 0.3 is 0 Å². The second-order valence-electron chi connectivity index (χ2n) is 5.09. The normalized spacial score (nSPS) is 16.7. The van der Waals surface area contributed by atoms with Gasteiger partial charge < -0.3 is 10.6 Å². The van der Waals surface area contributed by atoms with Gasteiger partial charge in [-0.15, -0.1) is 0 Å². The molecule has 0 heterocycles. The molecule has 4 heteroatoms. The summed E-state index contributed by atoms with van der Waals surface area (Å²) in [6, 6.07) is 8.21. The summed E-state index contributed by atoms with van der Waals surface area (Å²) in [6.45, 7) is 0.332. The standard InChI is InChI=1S/C15H21BrN2O/c16-13-9-5-6-10-14(13)17-11-15(19)18-12-7-3-1-2-4-8-12/h5-6,9-10,12,17H,1-4,7-8,11H2,(H,18,19). The summed E-state index contributed by atoms with van der Waals surface area (Å²) in [7, 11) is 0. The van der Waals surface area contributed by atoms with E-state index in [1.54, 1.807) is 0 Å². The van der Waals surface area contributed by atoms with E-state index in [2.05, 4.69) is 26.6 Å². The van der Waals surface area contributed by atoms with E-state index >= 15 is 0 Å². The molecule has 3 nitrogen and oxygen atoms in total. The molecule has 1 aliphatic carbocycles. The van der Waals surface area contributed by atoms with Crippen LogP contribution < -0.4 is 10.6 Å². The zero-order chi connectivity index (χ0) is 13.5. The Balaban J connectivity index is 1.76. The predicted octanol–water partition coefficient (Wildman–Crippen LogP) is 3.70. The number of anilines is 1. The van der Waals surface area contributed by atoms with Gasteiger partial charge in [0.1, 0.15) is 0 Å². The highest BCUT2D eigenvalue weighted by atomic mass is 79.9. The van der Waals surface area contributed by atoms with Crippen molar-refractivity contribution in [1.82, 2.24) is 5.32 Å². The number of halogens is 1. The van der Waals surface area contributed by atoms with Gasteiger partial charge in [0.25, 0.3) is 0 Å². The fourth-order valence-corrected chi connectivity index (χ4v) is 2.91. The van der Waals surface area contributed by atoms with Crippen LogP contribution in [-0.4, -0.2) is 18.5 Å². The summed E-state index contributed by atoms with van der Waals surface area (Å²) in [6.07, 6.45) is 7.34. The second kappa shape index (κ2) is 7.53. The van der Waals surface area contributed by atoms with Crippen LogP contribution in [0, 0.1) is 0 Å². The molecule has 0 saturated heterocycles. The lowest BCUT2D eigenvalue weighted by atomic mass is 10.1. The number of rotatable bonds is 4. The molecule has 104 valence electrons. The zero-order valence-electron chi connectivity index (χ0n) is 11.1. The highest BCUT2D eigenvalue weighted by Gasteiger charge is 2.14. The number of carbonyl (C=O) groups excluding carboxylic acids is 1. The predicted molar refractivity (Wildman–Crippen MR) is 82.3 cm³/mol. The van der Waals surface area contributed by atoms with Gasteiger partial charge in [-0.3, -0.25) is 4.79 Å². The van der Waals surface area contributed by atoms with Gasteiger partial charge in [-0.2, -0.15) is 0 Å². The van der Waals surface area contributed by atoms with Crippen LogP contribution in [0.3, 0.4) is 0 Å². The first-order valence-electron chi connectivity index (χ1n) is 7.03. The van der Waals surface area contributed by atoms with E-state index in [1.807, 2.05) is 24.3 Å².